The molecule has 0 saturated carbocycles. The van der Waals surface area contributed by atoms with Crippen LogP contribution < -0.4 is 21.7 Å². The summed E-state index contributed by atoms with van der Waals surface area (Å²) in [5.41, 5.74) is 9.00. The molecule has 1 heterocycles. The Labute approximate surface area is 212 Å². The molecule has 192 valence electrons. The van der Waals surface area contributed by atoms with Crippen LogP contribution in [0.5, 0.6) is 0 Å². The number of rotatable bonds is 8. The van der Waals surface area contributed by atoms with Gasteiger partial charge in [0.1, 0.15) is 23.4 Å². The molecule has 2 amide bonds. The minimum absolute atomic E-state index is 0.0283. The zero-order valence-electron chi connectivity index (χ0n) is 20.0. The summed E-state index contributed by atoms with van der Waals surface area (Å²) in [4.78, 5) is 41.6. The zero-order chi connectivity index (χ0) is 26.7. The van der Waals surface area contributed by atoms with Gasteiger partial charge in [0, 0.05) is 12.8 Å². The van der Waals surface area contributed by atoms with E-state index >= 15 is 0 Å². The minimum atomic E-state index is -1.02. The summed E-state index contributed by atoms with van der Waals surface area (Å²) in [7, 11) is 0. The maximum Gasteiger partial charge on any atom is 0.335 e. The van der Waals surface area contributed by atoms with Gasteiger partial charge in [-0.05, 0) is 66.3 Å². The van der Waals surface area contributed by atoms with E-state index in [1.54, 1.807) is 31.2 Å². The van der Waals surface area contributed by atoms with Crippen molar-refractivity contribution >= 4 is 29.7 Å². The Balaban J connectivity index is 1.50. The highest BCUT2D eigenvalue weighted by molar-refractivity contribution is 6.44. The lowest BCUT2D eigenvalue weighted by atomic mass is 10.0. The molecule has 1 aliphatic carbocycles. The molecule has 4 rings (SSSR count). The monoisotopic (exact) mass is 506 g/mol. The first-order chi connectivity index (χ1) is 17.7. The van der Waals surface area contributed by atoms with Crippen LogP contribution in [0.2, 0.25) is 0 Å². The standard InChI is InChI=1S/C26H27FN6O4/c1-13-8-14(2-6-18(13)27)12-30-24(34)21-10-22(32-23(31-21)19(29)11-28)25(35)33-20-7-4-15-9-16(26(36)37)3-5-17(15)20/h2-3,5-6,8-11,19-20,23,28,31H,4,7,12,29H2,1H3,(H,30,34)(H,33,35)(H,36,37)/t19?,20-,23?/m0/s1. The van der Waals surface area contributed by atoms with Crippen molar-refractivity contribution in [3.63, 3.8) is 0 Å². The third kappa shape index (κ3) is 5.72. The molecule has 0 fully saturated rings. The van der Waals surface area contributed by atoms with Crippen molar-refractivity contribution in [2.24, 2.45) is 10.7 Å². The van der Waals surface area contributed by atoms with Gasteiger partial charge in [-0.3, -0.25) is 14.6 Å². The van der Waals surface area contributed by atoms with Crippen LogP contribution in [0.25, 0.3) is 0 Å². The number of carbonyl (C=O) groups is 3. The number of fused-ring (bicyclic) bond motifs is 1. The van der Waals surface area contributed by atoms with Crippen LogP contribution in [-0.2, 0) is 22.6 Å². The summed E-state index contributed by atoms with van der Waals surface area (Å²) in [6.45, 7) is 1.76. The van der Waals surface area contributed by atoms with Gasteiger partial charge >= 0.3 is 5.97 Å². The quantitative estimate of drug-likeness (QED) is 0.296. The summed E-state index contributed by atoms with van der Waals surface area (Å²) in [5.74, 6) is -2.40. The van der Waals surface area contributed by atoms with E-state index in [9.17, 15) is 23.9 Å². The number of nitrogens with zero attached hydrogens (tertiary/aromatic N) is 1. The Hall–Kier alpha value is -4.38. The van der Waals surface area contributed by atoms with Crippen LogP contribution in [-0.4, -0.2) is 47.0 Å². The number of amides is 2. The van der Waals surface area contributed by atoms with Crippen molar-refractivity contribution < 1.29 is 23.9 Å². The maximum atomic E-state index is 13.5. The van der Waals surface area contributed by atoms with Crippen molar-refractivity contribution in [3.05, 3.63) is 81.8 Å². The molecule has 0 saturated heterocycles. The van der Waals surface area contributed by atoms with Crippen LogP contribution >= 0.6 is 0 Å². The summed E-state index contributed by atoms with van der Waals surface area (Å²) >= 11 is 0. The lowest BCUT2D eigenvalue weighted by Gasteiger charge is -2.26. The molecule has 11 heteroatoms. The number of benzene rings is 2. The van der Waals surface area contributed by atoms with E-state index in [1.165, 1.54) is 18.2 Å². The second-order valence-electron chi connectivity index (χ2n) is 8.96. The van der Waals surface area contributed by atoms with Crippen LogP contribution in [0, 0.1) is 18.2 Å². The van der Waals surface area contributed by atoms with E-state index in [-0.39, 0.29) is 35.4 Å². The first-order valence-electron chi connectivity index (χ1n) is 11.7. The number of carboxylic acids is 1. The number of nitrogens with one attached hydrogen (secondary N) is 4. The van der Waals surface area contributed by atoms with Crippen molar-refractivity contribution in [2.75, 3.05) is 0 Å². The van der Waals surface area contributed by atoms with E-state index in [1.807, 2.05) is 0 Å². The molecular weight excluding hydrogens is 479 g/mol. The second kappa shape index (κ2) is 10.7. The van der Waals surface area contributed by atoms with E-state index in [4.69, 9.17) is 11.1 Å². The Bertz CT molecular complexity index is 1340. The lowest BCUT2D eigenvalue weighted by Crippen LogP contribution is -2.50. The highest BCUT2D eigenvalue weighted by atomic mass is 19.1. The Morgan fingerprint density at radius 3 is 2.76 bits per heavy atom. The molecule has 0 bridgehead atoms. The third-order valence-corrected chi connectivity index (χ3v) is 6.35. The predicted octanol–water partition coefficient (Wildman–Crippen LogP) is 1.48. The number of aryl methyl sites for hydroxylation is 2. The topological polar surface area (TPSA) is 170 Å². The molecule has 37 heavy (non-hydrogen) atoms. The lowest BCUT2D eigenvalue weighted by molar-refractivity contribution is -0.118. The fourth-order valence-corrected chi connectivity index (χ4v) is 4.31. The highest BCUT2D eigenvalue weighted by Gasteiger charge is 2.30. The van der Waals surface area contributed by atoms with Crippen LogP contribution in [0.15, 0.2) is 53.2 Å². The Morgan fingerprint density at radius 2 is 2.05 bits per heavy atom. The number of aromatic carboxylic acids is 1. The number of halogens is 1. The van der Waals surface area contributed by atoms with E-state index in [0.717, 1.165) is 17.3 Å². The zero-order valence-corrected chi connectivity index (χ0v) is 20.0. The first kappa shape index (κ1) is 25.7. The normalized spacial score (nSPS) is 19.0. The predicted molar refractivity (Wildman–Crippen MR) is 135 cm³/mol. The van der Waals surface area contributed by atoms with Gasteiger partial charge in [0.05, 0.1) is 17.6 Å². The summed E-state index contributed by atoms with van der Waals surface area (Å²) < 4.78 is 13.5. The van der Waals surface area contributed by atoms with Crippen molar-refractivity contribution in [1.29, 1.82) is 5.41 Å². The molecule has 7 N–H and O–H groups in total. The van der Waals surface area contributed by atoms with Gasteiger partial charge < -0.3 is 32.2 Å². The van der Waals surface area contributed by atoms with E-state index in [2.05, 4.69) is 20.9 Å². The number of nitrogens with two attached hydrogens (primary N) is 1. The Morgan fingerprint density at radius 1 is 1.27 bits per heavy atom. The molecule has 0 radical (unpaired) electrons. The molecule has 2 unspecified atom stereocenters. The summed E-state index contributed by atoms with van der Waals surface area (Å²) in [5, 5.41) is 25.2. The van der Waals surface area contributed by atoms with Gasteiger partial charge in [0.25, 0.3) is 11.8 Å². The fourth-order valence-electron chi connectivity index (χ4n) is 4.31. The number of aliphatic imine (C=N–C) groups is 1. The largest absolute Gasteiger partial charge is 0.478 e. The molecule has 2 aromatic rings. The summed E-state index contributed by atoms with van der Waals surface area (Å²) in [6, 6.07) is 8.09. The van der Waals surface area contributed by atoms with Gasteiger partial charge in [-0.1, -0.05) is 18.2 Å². The van der Waals surface area contributed by atoms with Crippen LogP contribution in [0.3, 0.4) is 0 Å². The number of carboxylic acid groups (broad SMARTS) is 1. The smallest absolute Gasteiger partial charge is 0.335 e. The summed E-state index contributed by atoms with van der Waals surface area (Å²) in [6.07, 6.45) is 2.57. The molecule has 0 aromatic heterocycles. The molecule has 3 atom stereocenters. The van der Waals surface area contributed by atoms with E-state index in [0.29, 0.717) is 24.0 Å². The van der Waals surface area contributed by atoms with Gasteiger partial charge in [0.15, 0.2) is 0 Å². The average molecular weight is 507 g/mol. The van der Waals surface area contributed by atoms with Crippen LogP contribution in [0.1, 0.15) is 45.1 Å². The Kier molecular flexibility index (Phi) is 7.44. The highest BCUT2D eigenvalue weighted by Crippen LogP contribution is 2.32. The number of carbonyl (C=O) groups excluding carboxylic acids is 2. The SMILES string of the molecule is Cc1cc(CNC(=O)C2=CC(C(=O)N[C@H]3CCc4cc(C(=O)O)ccc43)=NC(C(N)C=N)N2)ccc1F. The molecular formula is C26H27FN6O4. The van der Waals surface area contributed by atoms with Gasteiger partial charge in [-0.2, -0.15) is 0 Å². The van der Waals surface area contributed by atoms with Crippen molar-refractivity contribution in [2.45, 2.75) is 44.6 Å². The molecule has 2 aliphatic rings. The number of hydrogen-bond donors (Lipinski definition) is 6. The second-order valence-corrected chi connectivity index (χ2v) is 8.96. The van der Waals surface area contributed by atoms with Crippen molar-refractivity contribution in [3.8, 4) is 0 Å². The maximum absolute atomic E-state index is 13.5. The van der Waals surface area contributed by atoms with Gasteiger partial charge in [-0.15, -0.1) is 0 Å². The molecule has 0 spiro atoms. The van der Waals surface area contributed by atoms with Crippen molar-refractivity contribution in [1.82, 2.24) is 16.0 Å². The molecule has 2 aromatic carbocycles. The van der Waals surface area contributed by atoms with Gasteiger partial charge in [0.2, 0.25) is 0 Å². The van der Waals surface area contributed by atoms with E-state index < -0.39 is 30.0 Å². The van der Waals surface area contributed by atoms with Crippen LogP contribution in [0.4, 0.5) is 4.39 Å². The third-order valence-electron chi connectivity index (χ3n) is 6.35. The molecule has 10 nitrogen and oxygen atoms in total. The first-order valence-corrected chi connectivity index (χ1v) is 11.7. The molecule has 1 aliphatic heterocycles. The minimum Gasteiger partial charge on any atom is -0.478 e. The average Bonchev–Trinajstić information content (AvgIpc) is 3.30. The number of hydrogen-bond acceptors (Lipinski definition) is 7. The van der Waals surface area contributed by atoms with Gasteiger partial charge in [-0.25, -0.2) is 9.18 Å². The fraction of sp³-hybridized carbons (Fsp3) is 0.269.